The predicted molar refractivity (Wildman–Crippen MR) is 127 cm³/mol. The molecule has 4 rings (SSSR count). The summed E-state index contributed by atoms with van der Waals surface area (Å²) < 4.78 is 5.82. The van der Waals surface area contributed by atoms with Crippen LogP contribution in [0.25, 0.3) is 0 Å². The lowest BCUT2D eigenvalue weighted by Crippen LogP contribution is -2.49. The van der Waals surface area contributed by atoms with Gasteiger partial charge >= 0.3 is 0 Å². The largest absolute Gasteiger partial charge is 0.489 e. The highest BCUT2D eigenvalue weighted by Crippen LogP contribution is 2.25. The number of nitrogens with zero attached hydrogens (tertiary/aromatic N) is 1. The van der Waals surface area contributed by atoms with E-state index in [-0.39, 0.29) is 11.9 Å². The summed E-state index contributed by atoms with van der Waals surface area (Å²) in [5.74, 6) is 1.36. The second-order valence-electron chi connectivity index (χ2n) is 9.35. The number of aliphatic hydroxyl groups excluding tert-OH is 1. The molecule has 5 nitrogen and oxygen atoms in total. The number of rotatable bonds is 7. The fourth-order valence-corrected chi connectivity index (χ4v) is 4.95. The van der Waals surface area contributed by atoms with Crippen molar-refractivity contribution in [1.29, 1.82) is 0 Å². The molecule has 2 aromatic carbocycles. The molecule has 1 aliphatic carbocycles. The molecule has 2 unspecified atom stereocenters. The number of aliphatic hydroxyl groups is 1. The fraction of sp³-hybridized carbons (Fsp3) is 0.519. The van der Waals surface area contributed by atoms with Gasteiger partial charge in [-0.2, -0.15) is 0 Å². The van der Waals surface area contributed by atoms with Crippen LogP contribution in [0.1, 0.15) is 60.9 Å². The minimum atomic E-state index is -0.496. The van der Waals surface area contributed by atoms with E-state index in [9.17, 15) is 9.90 Å². The number of hydrogen-bond donors (Lipinski definition) is 2. The third-order valence-electron chi connectivity index (χ3n) is 6.82. The molecule has 2 N–H and O–H groups in total. The summed E-state index contributed by atoms with van der Waals surface area (Å²) in [5.41, 5.74) is 1.70. The van der Waals surface area contributed by atoms with Crippen LogP contribution in [0.2, 0.25) is 0 Å². The Morgan fingerprint density at radius 1 is 0.969 bits per heavy atom. The first kappa shape index (κ1) is 22.8. The van der Waals surface area contributed by atoms with Gasteiger partial charge in [0, 0.05) is 18.7 Å². The molecule has 2 aromatic rings. The van der Waals surface area contributed by atoms with E-state index in [2.05, 4.69) is 10.2 Å². The maximum Gasteiger partial charge on any atom is 0.251 e. The molecule has 1 heterocycles. The molecule has 1 aliphatic heterocycles. The van der Waals surface area contributed by atoms with Crippen LogP contribution >= 0.6 is 0 Å². The van der Waals surface area contributed by atoms with E-state index in [1.54, 1.807) is 12.1 Å². The Kier molecular flexibility index (Phi) is 8.18. The van der Waals surface area contributed by atoms with E-state index in [1.165, 1.54) is 32.1 Å². The van der Waals surface area contributed by atoms with Gasteiger partial charge in [-0.1, -0.05) is 49.6 Å². The zero-order valence-corrected chi connectivity index (χ0v) is 18.9. The Labute approximate surface area is 191 Å². The third-order valence-corrected chi connectivity index (χ3v) is 6.82. The van der Waals surface area contributed by atoms with Crippen LogP contribution in [0.3, 0.4) is 0 Å². The summed E-state index contributed by atoms with van der Waals surface area (Å²) >= 11 is 0. The summed E-state index contributed by atoms with van der Waals surface area (Å²) in [7, 11) is 0. The highest BCUT2D eigenvalue weighted by atomic mass is 16.5. The van der Waals surface area contributed by atoms with Crippen LogP contribution in [0.15, 0.2) is 54.6 Å². The molecular weight excluding hydrogens is 400 g/mol. The third kappa shape index (κ3) is 6.57. The van der Waals surface area contributed by atoms with Gasteiger partial charge in [0.05, 0.1) is 12.1 Å². The SMILES string of the molecule is O=C(NC1CN(CC2CCCCC2)CCCC1O)c1ccc(OCc2ccccc2)cc1. The first-order chi connectivity index (χ1) is 15.7. The zero-order valence-electron chi connectivity index (χ0n) is 18.9. The van der Waals surface area contributed by atoms with Gasteiger partial charge in [0.25, 0.3) is 5.91 Å². The minimum absolute atomic E-state index is 0.136. The van der Waals surface area contributed by atoms with E-state index in [4.69, 9.17) is 4.74 Å². The van der Waals surface area contributed by atoms with Gasteiger partial charge in [0.1, 0.15) is 12.4 Å². The Morgan fingerprint density at radius 2 is 1.72 bits per heavy atom. The van der Waals surface area contributed by atoms with Crippen molar-refractivity contribution in [3.05, 3.63) is 65.7 Å². The maximum atomic E-state index is 12.9. The molecule has 0 spiro atoms. The van der Waals surface area contributed by atoms with Crippen LogP contribution < -0.4 is 10.1 Å². The lowest BCUT2D eigenvalue weighted by Gasteiger charge is -2.31. The van der Waals surface area contributed by atoms with Crippen molar-refractivity contribution in [3.8, 4) is 5.75 Å². The van der Waals surface area contributed by atoms with Gasteiger partial charge in [0.2, 0.25) is 0 Å². The molecule has 0 aromatic heterocycles. The second-order valence-corrected chi connectivity index (χ2v) is 9.35. The smallest absolute Gasteiger partial charge is 0.251 e. The molecule has 5 heteroatoms. The molecule has 0 radical (unpaired) electrons. The van der Waals surface area contributed by atoms with E-state index in [0.29, 0.717) is 12.2 Å². The minimum Gasteiger partial charge on any atom is -0.489 e. The molecule has 1 saturated carbocycles. The van der Waals surface area contributed by atoms with Gasteiger partial charge in [-0.25, -0.2) is 0 Å². The lowest BCUT2D eigenvalue weighted by molar-refractivity contribution is 0.0789. The summed E-state index contributed by atoms with van der Waals surface area (Å²) in [6.07, 6.45) is 7.89. The van der Waals surface area contributed by atoms with Crippen molar-refractivity contribution in [1.82, 2.24) is 10.2 Å². The Balaban J connectivity index is 1.30. The number of ether oxygens (including phenoxy) is 1. The van der Waals surface area contributed by atoms with E-state index >= 15 is 0 Å². The number of likely N-dealkylation sites (tertiary alicyclic amines) is 1. The Morgan fingerprint density at radius 3 is 2.47 bits per heavy atom. The molecule has 1 saturated heterocycles. The number of carbonyl (C=O) groups excluding carboxylic acids is 1. The molecule has 2 fully saturated rings. The van der Waals surface area contributed by atoms with Gasteiger partial charge in [-0.05, 0) is 68.0 Å². The van der Waals surface area contributed by atoms with Crippen LogP contribution in [0.4, 0.5) is 0 Å². The number of amides is 1. The highest BCUT2D eigenvalue weighted by molar-refractivity contribution is 5.94. The summed E-state index contributed by atoms with van der Waals surface area (Å²) in [6, 6.07) is 17.0. The van der Waals surface area contributed by atoms with Crippen LogP contribution in [-0.2, 0) is 6.61 Å². The molecule has 32 heavy (non-hydrogen) atoms. The summed E-state index contributed by atoms with van der Waals surface area (Å²) in [6.45, 7) is 3.32. The topological polar surface area (TPSA) is 61.8 Å². The second kappa shape index (κ2) is 11.5. The lowest BCUT2D eigenvalue weighted by atomic mass is 9.89. The van der Waals surface area contributed by atoms with Crippen molar-refractivity contribution < 1.29 is 14.6 Å². The number of hydrogen-bond acceptors (Lipinski definition) is 4. The highest BCUT2D eigenvalue weighted by Gasteiger charge is 2.28. The first-order valence-electron chi connectivity index (χ1n) is 12.2. The van der Waals surface area contributed by atoms with E-state index < -0.39 is 6.10 Å². The summed E-state index contributed by atoms with van der Waals surface area (Å²) in [4.78, 5) is 15.3. The number of benzene rings is 2. The van der Waals surface area contributed by atoms with Gasteiger partial charge in [-0.15, -0.1) is 0 Å². The molecule has 2 atom stereocenters. The van der Waals surface area contributed by atoms with Crippen molar-refractivity contribution in [3.63, 3.8) is 0 Å². The predicted octanol–water partition coefficient (Wildman–Crippen LogP) is 4.40. The van der Waals surface area contributed by atoms with Crippen molar-refractivity contribution in [2.24, 2.45) is 5.92 Å². The number of carbonyl (C=O) groups is 1. The Bertz CT molecular complexity index is 834. The standard InChI is InChI=1S/C27H36N2O3/c30-26-12-7-17-29(18-21-8-3-1-4-9-21)19-25(26)28-27(31)23-13-15-24(16-14-23)32-20-22-10-5-2-6-11-22/h2,5-6,10-11,13-16,21,25-26,30H,1,3-4,7-9,12,17-20H2,(H,28,31). The first-order valence-corrected chi connectivity index (χ1v) is 12.2. The summed E-state index contributed by atoms with van der Waals surface area (Å²) in [5, 5.41) is 13.7. The van der Waals surface area contributed by atoms with Crippen LogP contribution in [-0.4, -0.2) is 47.7 Å². The Hall–Kier alpha value is -2.37. The molecule has 2 aliphatic rings. The number of nitrogens with one attached hydrogen (secondary N) is 1. The molecular formula is C27H36N2O3. The van der Waals surface area contributed by atoms with Crippen LogP contribution in [0.5, 0.6) is 5.75 Å². The molecule has 0 bridgehead atoms. The van der Waals surface area contributed by atoms with Gasteiger partial charge in [0.15, 0.2) is 0 Å². The van der Waals surface area contributed by atoms with E-state index in [1.807, 2.05) is 42.5 Å². The van der Waals surface area contributed by atoms with Crippen LogP contribution in [0, 0.1) is 5.92 Å². The normalized spacial score (nSPS) is 22.8. The van der Waals surface area contributed by atoms with E-state index in [0.717, 1.165) is 49.7 Å². The zero-order chi connectivity index (χ0) is 22.2. The average molecular weight is 437 g/mol. The molecule has 1 amide bonds. The monoisotopic (exact) mass is 436 g/mol. The van der Waals surface area contributed by atoms with Crippen molar-refractivity contribution in [2.45, 2.75) is 63.7 Å². The fourth-order valence-electron chi connectivity index (χ4n) is 4.95. The maximum absolute atomic E-state index is 12.9. The van der Waals surface area contributed by atoms with Crippen molar-refractivity contribution >= 4 is 5.91 Å². The van der Waals surface area contributed by atoms with Gasteiger partial charge < -0.3 is 20.1 Å². The van der Waals surface area contributed by atoms with Gasteiger partial charge in [-0.3, -0.25) is 4.79 Å². The molecule has 172 valence electrons. The van der Waals surface area contributed by atoms with Crippen molar-refractivity contribution in [2.75, 3.05) is 19.6 Å². The average Bonchev–Trinajstić information content (AvgIpc) is 3.00. The quantitative estimate of drug-likeness (QED) is 0.675.